The Bertz CT molecular complexity index is 582. The highest BCUT2D eigenvalue weighted by Gasteiger charge is 2.20. The van der Waals surface area contributed by atoms with Crippen LogP contribution in [0.15, 0.2) is 41.8 Å². The van der Waals surface area contributed by atoms with Gasteiger partial charge in [0.1, 0.15) is 0 Å². The van der Waals surface area contributed by atoms with Gasteiger partial charge in [0.05, 0.1) is 17.6 Å². The van der Waals surface area contributed by atoms with E-state index in [1.165, 1.54) is 23.3 Å². The molecule has 0 bridgehead atoms. The zero-order chi connectivity index (χ0) is 15.2. The van der Waals surface area contributed by atoms with Crippen LogP contribution in [-0.4, -0.2) is 49.3 Å². The topological polar surface area (TPSA) is 49.8 Å². The number of thiophene rings is 1. The first-order chi connectivity index (χ1) is 10.1. The Hall–Kier alpha value is -1.69. The molecule has 0 radical (unpaired) electrons. The highest BCUT2D eigenvalue weighted by molar-refractivity contribution is 7.12. The smallest absolute Gasteiger partial charge is 0.264 e. The van der Waals surface area contributed by atoms with E-state index in [2.05, 4.69) is 0 Å². The lowest BCUT2D eigenvalue weighted by Gasteiger charge is -2.20. The fraction of sp³-hybridized carbons (Fsp3) is 0.312. The molecule has 0 spiro atoms. The van der Waals surface area contributed by atoms with E-state index in [4.69, 9.17) is 4.74 Å². The largest absolute Gasteiger partial charge is 0.389 e. The summed E-state index contributed by atoms with van der Waals surface area (Å²) in [5.74, 6) is -0.0843. The monoisotopic (exact) mass is 305 g/mol. The Morgan fingerprint density at radius 3 is 2.71 bits per heavy atom. The highest BCUT2D eigenvalue weighted by Crippen LogP contribution is 2.29. The van der Waals surface area contributed by atoms with Crippen molar-refractivity contribution in [2.24, 2.45) is 0 Å². The SMILES string of the molecule is COCC(O)CN(C)C(=O)c1sccc1-c1ccccc1. The first-order valence-electron chi connectivity index (χ1n) is 6.69. The predicted octanol–water partition coefficient (Wildman–Crippen LogP) is 2.49. The van der Waals surface area contributed by atoms with Gasteiger partial charge in [-0.25, -0.2) is 0 Å². The summed E-state index contributed by atoms with van der Waals surface area (Å²) in [6, 6.07) is 11.8. The summed E-state index contributed by atoms with van der Waals surface area (Å²) in [5.41, 5.74) is 1.95. The van der Waals surface area contributed by atoms with E-state index in [9.17, 15) is 9.90 Å². The number of aliphatic hydroxyl groups is 1. The number of methoxy groups -OCH3 is 1. The molecule has 21 heavy (non-hydrogen) atoms. The number of likely N-dealkylation sites (N-methyl/N-ethyl adjacent to an activating group) is 1. The predicted molar refractivity (Wildman–Crippen MR) is 84.6 cm³/mol. The Labute approximate surface area is 128 Å². The van der Waals surface area contributed by atoms with Gasteiger partial charge in [-0.2, -0.15) is 0 Å². The van der Waals surface area contributed by atoms with Gasteiger partial charge in [0.25, 0.3) is 5.91 Å². The quantitative estimate of drug-likeness (QED) is 0.892. The third-order valence-electron chi connectivity index (χ3n) is 3.13. The molecule has 1 amide bonds. The van der Waals surface area contributed by atoms with E-state index in [1.807, 2.05) is 41.8 Å². The molecule has 5 heteroatoms. The molecule has 1 atom stereocenters. The molecule has 2 aromatic rings. The van der Waals surface area contributed by atoms with Crippen LogP contribution in [0, 0.1) is 0 Å². The van der Waals surface area contributed by atoms with E-state index in [1.54, 1.807) is 7.05 Å². The van der Waals surface area contributed by atoms with Crippen molar-refractivity contribution in [1.29, 1.82) is 0 Å². The Kier molecular flexibility index (Phi) is 5.50. The van der Waals surface area contributed by atoms with E-state index in [-0.39, 0.29) is 19.1 Å². The second-order valence-corrected chi connectivity index (χ2v) is 5.74. The van der Waals surface area contributed by atoms with Crippen molar-refractivity contribution in [1.82, 2.24) is 4.90 Å². The number of rotatable bonds is 6. The van der Waals surface area contributed by atoms with Gasteiger partial charge in [0, 0.05) is 26.3 Å². The van der Waals surface area contributed by atoms with Gasteiger partial charge in [-0.1, -0.05) is 30.3 Å². The van der Waals surface area contributed by atoms with Gasteiger partial charge >= 0.3 is 0 Å². The minimum Gasteiger partial charge on any atom is -0.389 e. The molecule has 0 fully saturated rings. The average Bonchev–Trinajstić information content (AvgIpc) is 2.96. The van der Waals surface area contributed by atoms with E-state index in [0.29, 0.717) is 4.88 Å². The third-order valence-corrected chi connectivity index (χ3v) is 4.04. The Morgan fingerprint density at radius 1 is 1.33 bits per heavy atom. The maximum Gasteiger partial charge on any atom is 0.264 e. The number of carbonyl (C=O) groups is 1. The third kappa shape index (κ3) is 3.91. The molecule has 1 aromatic heterocycles. The number of aliphatic hydroxyl groups excluding tert-OH is 1. The molecule has 0 saturated carbocycles. The summed E-state index contributed by atoms with van der Waals surface area (Å²) < 4.78 is 4.88. The minimum absolute atomic E-state index is 0.0843. The molecule has 0 saturated heterocycles. The maximum absolute atomic E-state index is 12.5. The molecule has 0 aliphatic heterocycles. The normalized spacial score (nSPS) is 12.1. The van der Waals surface area contributed by atoms with Gasteiger partial charge in [-0.05, 0) is 17.0 Å². The summed E-state index contributed by atoms with van der Waals surface area (Å²) in [6.45, 7) is 0.465. The number of ether oxygens (including phenoxy) is 1. The van der Waals surface area contributed by atoms with Crippen molar-refractivity contribution in [3.05, 3.63) is 46.7 Å². The van der Waals surface area contributed by atoms with Gasteiger partial charge in [-0.15, -0.1) is 11.3 Å². The highest BCUT2D eigenvalue weighted by atomic mass is 32.1. The van der Waals surface area contributed by atoms with Gasteiger partial charge < -0.3 is 14.7 Å². The standard InChI is InChI=1S/C16H19NO3S/c1-17(10-13(18)11-20-2)16(19)15-14(8-9-21-15)12-6-4-3-5-7-12/h3-9,13,18H,10-11H2,1-2H3. The molecule has 0 aliphatic carbocycles. The fourth-order valence-electron chi connectivity index (χ4n) is 2.14. The first kappa shape index (κ1) is 15.7. The number of benzene rings is 1. The van der Waals surface area contributed by atoms with Crippen molar-refractivity contribution < 1.29 is 14.6 Å². The molecule has 112 valence electrons. The van der Waals surface area contributed by atoms with Crippen molar-refractivity contribution >= 4 is 17.2 Å². The lowest BCUT2D eigenvalue weighted by atomic mass is 10.1. The molecular formula is C16H19NO3S. The second-order valence-electron chi connectivity index (χ2n) is 4.82. The molecule has 1 N–H and O–H groups in total. The maximum atomic E-state index is 12.5. The van der Waals surface area contributed by atoms with Crippen LogP contribution in [0.3, 0.4) is 0 Å². The van der Waals surface area contributed by atoms with E-state index >= 15 is 0 Å². The first-order valence-corrected chi connectivity index (χ1v) is 7.56. The van der Waals surface area contributed by atoms with Crippen LogP contribution < -0.4 is 0 Å². The number of hydrogen-bond acceptors (Lipinski definition) is 4. The van der Waals surface area contributed by atoms with Crippen LogP contribution in [0.5, 0.6) is 0 Å². The summed E-state index contributed by atoms with van der Waals surface area (Å²) >= 11 is 1.42. The van der Waals surface area contributed by atoms with Gasteiger partial charge in [0.2, 0.25) is 0 Å². The fourth-order valence-corrected chi connectivity index (χ4v) is 3.05. The van der Waals surface area contributed by atoms with Crippen LogP contribution in [0.25, 0.3) is 11.1 Å². The van der Waals surface area contributed by atoms with Crippen LogP contribution in [0.2, 0.25) is 0 Å². The number of nitrogens with zero attached hydrogens (tertiary/aromatic N) is 1. The number of carbonyl (C=O) groups excluding carboxylic acids is 1. The van der Waals surface area contributed by atoms with Crippen molar-refractivity contribution in [3.8, 4) is 11.1 Å². The summed E-state index contributed by atoms with van der Waals surface area (Å²) in [4.78, 5) is 14.7. The molecule has 1 aromatic carbocycles. The molecule has 4 nitrogen and oxygen atoms in total. The summed E-state index contributed by atoms with van der Waals surface area (Å²) in [5, 5.41) is 11.6. The molecular weight excluding hydrogens is 286 g/mol. The minimum atomic E-state index is -0.677. The molecule has 2 rings (SSSR count). The molecule has 1 heterocycles. The molecule has 0 aliphatic rings. The van der Waals surface area contributed by atoms with Crippen LogP contribution in [-0.2, 0) is 4.74 Å². The lowest BCUT2D eigenvalue weighted by molar-refractivity contribution is 0.0382. The van der Waals surface area contributed by atoms with E-state index < -0.39 is 6.10 Å². The lowest BCUT2D eigenvalue weighted by Crippen LogP contribution is -2.36. The van der Waals surface area contributed by atoms with Gasteiger partial charge in [-0.3, -0.25) is 4.79 Å². The van der Waals surface area contributed by atoms with Crippen LogP contribution >= 0.6 is 11.3 Å². The second kappa shape index (κ2) is 7.36. The van der Waals surface area contributed by atoms with Gasteiger partial charge in [0.15, 0.2) is 0 Å². The number of amides is 1. The Balaban J connectivity index is 2.15. The Morgan fingerprint density at radius 2 is 2.05 bits per heavy atom. The zero-order valence-corrected chi connectivity index (χ0v) is 13.0. The van der Waals surface area contributed by atoms with Crippen LogP contribution in [0.1, 0.15) is 9.67 Å². The summed E-state index contributed by atoms with van der Waals surface area (Å²) in [6.07, 6.45) is -0.677. The van der Waals surface area contributed by atoms with Crippen LogP contribution in [0.4, 0.5) is 0 Å². The van der Waals surface area contributed by atoms with Crippen molar-refractivity contribution in [2.75, 3.05) is 27.3 Å². The molecule has 1 unspecified atom stereocenters. The number of hydrogen-bond donors (Lipinski definition) is 1. The average molecular weight is 305 g/mol. The van der Waals surface area contributed by atoms with E-state index in [0.717, 1.165) is 11.1 Å². The zero-order valence-electron chi connectivity index (χ0n) is 12.2. The van der Waals surface area contributed by atoms with Crippen molar-refractivity contribution in [3.63, 3.8) is 0 Å². The summed E-state index contributed by atoms with van der Waals surface area (Å²) in [7, 11) is 3.22. The van der Waals surface area contributed by atoms with Crippen molar-refractivity contribution in [2.45, 2.75) is 6.10 Å².